The number of hydrogen-bond acceptors (Lipinski definition) is 6. The Kier molecular flexibility index (Phi) is 5.90. The minimum atomic E-state index is -0.591. The maximum absolute atomic E-state index is 12.9. The zero-order valence-electron chi connectivity index (χ0n) is 18.5. The first-order valence-electron chi connectivity index (χ1n) is 11.7. The number of amides is 3. The molecular formula is C24H31N3O5. The average Bonchev–Trinajstić information content (AvgIpc) is 3.38. The lowest BCUT2D eigenvalue weighted by Gasteiger charge is -2.38. The predicted molar refractivity (Wildman–Crippen MR) is 116 cm³/mol. The van der Waals surface area contributed by atoms with Crippen molar-refractivity contribution in [3.05, 3.63) is 29.3 Å². The number of imide groups is 1. The number of piperidine rings is 2. The molecule has 3 fully saturated rings. The van der Waals surface area contributed by atoms with Crippen molar-refractivity contribution in [3.8, 4) is 5.75 Å². The maximum Gasteiger partial charge on any atom is 0.255 e. The molecule has 172 valence electrons. The number of nitrogens with one attached hydrogen (secondary N) is 1. The molecule has 3 atom stereocenters. The zero-order chi connectivity index (χ0) is 22.2. The molecule has 0 spiro atoms. The van der Waals surface area contributed by atoms with Gasteiger partial charge in [-0.25, -0.2) is 0 Å². The molecule has 2 saturated heterocycles. The number of ether oxygens (including phenoxy) is 2. The summed E-state index contributed by atoms with van der Waals surface area (Å²) < 4.78 is 12.0. The molecule has 0 radical (unpaired) electrons. The van der Waals surface area contributed by atoms with E-state index in [1.54, 1.807) is 12.0 Å². The van der Waals surface area contributed by atoms with E-state index in [4.69, 9.17) is 9.47 Å². The number of carbonyl (C=O) groups is 3. The van der Waals surface area contributed by atoms with E-state index in [0.717, 1.165) is 56.5 Å². The second-order valence-corrected chi connectivity index (χ2v) is 9.34. The number of likely N-dealkylation sites (tertiary alicyclic amines) is 1. The van der Waals surface area contributed by atoms with Crippen LogP contribution in [-0.2, 0) is 20.9 Å². The summed E-state index contributed by atoms with van der Waals surface area (Å²) in [7, 11) is 1.79. The lowest BCUT2D eigenvalue weighted by atomic mass is 10.0. The van der Waals surface area contributed by atoms with Gasteiger partial charge in [0.1, 0.15) is 17.9 Å². The minimum Gasteiger partial charge on any atom is -0.489 e. The second kappa shape index (κ2) is 8.83. The minimum absolute atomic E-state index is 0.149. The third-order valence-electron chi connectivity index (χ3n) is 7.48. The van der Waals surface area contributed by atoms with Crippen molar-refractivity contribution in [1.29, 1.82) is 0 Å². The molecule has 0 bridgehead atoms. The number of carbonyl (C=O) groups excluding carboxylic acids is 3. The van der Waals surface area contributed by atoms with E-state index in [1.165, 1.54) is 0 Å². The summed E-state index contributed by atoms with van der Waals surface area (Å²) >= 11 is 0. The molecule has 0 aromatic heterocycles. The Bertz CT molecular complexity index is 911. The van der Waals surface area contributed by atoms with E-state index in [2.05, 4.69) is 10.2 Å². The summed E-state index contributed by atoms with van der Waals surface area (Å²) in [5.41, 5.74) is 1.50. The number of methoxy groups -OCH3 is 1. The Labute approximate surface area is 188 Å². The van der Waals surface area contributed by atoms with Gasteiger partial charge < -0.3 is 14.4 Å². The summed E-state index contributed by atoms with van der Waals surface area (Å²) in [6, 6.07) is 5.46. The second-order valence-electron chi connectivity index (χ2n) is 9.34. The van der Waals surface area contributed by atoms with Crippen molar-refractivity contribution in [2.45, 2.75) is 75.8 Å². The van der Waals surface area contributed by atoms with E-state index in [-0.39, 0.29) is 30.2 Å². The molecule has 32 heavy (non-hydrogen) atoms. The highest BCUT2D eigenvalue weighted by molar-refractivity contribution is 6.05. The summed E-state index contributed by atoms with van der Waals surface area (Å²) in [5.74, 6) is -0.0280. The molecule has 1 aromatic rings. The smallest absolute Gasteiger partial charge is 0.255 e. The van der Waals surface area contributed by atoms with Crippen LogP contribution in [0.2, 0.25) is 0 Å². The normalized spacial score (nSPS) is 29.3. The molecule has 1 unspecified atom stereocenters. The third kappa shape index (κ3) is 4.01. The Balaban J connectivity index is 1.25. The molecule has 1 aromatic carbocycles. The van der Waals surface area contributed by atoms with Gasteiger partial charge in [0.2, 0.25) is 11.8 Å². The van der Waals surface area contributed by atoms with Crippen molar-refractivity contribution in [2.24, 2.45) is 0 Å². The van der Waals surface area contributed by atoms with Gasteiger partial charge in [-0.15, -0.1) is 0 Å². The van der Waals surface area contributed by atoms with Crippen LogP contribution in [-0.4, -0.2) is 72.0 Å². The average molecular weight is 442 g/mol. The van der Waals surface area contributed by atoms with E-state index < -0.39 is 6.04 Å². The molecule has 3 aliphatic heterocycles. The van der Waals surface area contributed by atoms with E-state index in [1.807, 2.05) is 18.2 Å². The van der Waals surface area contributed by atoms with Crippen LogP contribution in [0.3, 0.4) is 0 Å². The van der Waals surface area contributed by atoms with E-state index in [0.29, 0.717) is 30.7 Å². The predicted octanol–water partition coefficient (Wildman–Crippen LogP) is 1.86. The molecule has 8 heteroatoms. The topological polar surface area (TPSA) is 88.2 Å². The Morgan fingerprint density at radius 2 is 1.84 bits per heavy atom. The van der Waals surface area contributed by atoms with Crippen LogP contribution in [0.1, 0.15) is 60.9 Å². The zero-order valence-corrected chi connectivity index (χ0v) is 18.5. The first-order chi connectivity index (χ1) is 15.5. The highest BCUT2D eigenvalue weighted by Crippen LogP contribution is 2.34. The van der Waals surface area contributed by atoms with Gasteiger partial charge >= 0.3 is 0 Å². The fourth-order valence-corrected chi connectivity index (χ4v) is 5.70. The fourth-order valence-electron chi connectivity index (χ4n) is 5.70. The van der Waals surface area contributed by atoms with Crippen LogP contribution in [0.5, 0.6) is 5.75 Å². The summed E-state index contributed by atoms with van der Waals surface area (Å²) in [5, 5.41) is 2.35. The third-order valence-corrected chi connectivity index (χ3v) is 7.48. The standard InChI is InChI=1S/C24H31N3O5/c1-31-16-9-11-26(12-10-16)19-3-2-4-21(19)32-17-5-6-18-15(13-17)14-27(24(18)30)20-7-8-22(28)25-23(20)29/h5-6,13,16,19-21H,2-4,7-12,14H2,1H3,(H,25,28,29)/t19-,20?,21-/m1/s1. The van der Waals surface area contributed by atoms with Crippen LogP contribution in [0, 0.1) is 0 Å². The van der Waals surface area contributed by atoms with Gasteiger partial charge in [-0.1, -0.05) is 0 Å². The van der Waals surface area contributed by atoms with Crippen LogP contribution >= 0.6 is 0 Å². The molecule has 3 heterocycles. The van der Waals surface area contributed by atoms with Gasteiger partial charge in [-0.3, -0.25) is 24.6 Å². The van der Waals surface area contributed by atoms with Gasteiger partial charge in [0.05, 0.1) is 6.10 Å². The van der Waals surface area contributed by atoms with Gasteiger partial charge in [0.25, 0.3) is 5.91 Å². The SMILES string of the molecule is COC1CCN([C@@H]2CCC[C@H]2Oc2ccc3c(c2)CN(C2CCC(=O)NC2=O)C3=O)CC1. The Hall–Kier alpha value is -2.45. The van der Waals surface area contributed by atoms with Gasteiger partial charge in [-0.2, -0.15) is 0 Å². The van der Waals surface area contributed by atoms with E-state index >= 15 is 0 Å². The largest absolute Gasteiger partial charge is 0.489 e. The van der Waals surface area contributed by atoms with Crippen LogP contribution in [0.4, 0.5) is 0 Å². The molecular weight excluding hydrogens is 410 g/mol. The van der Waals surface area contributed by atoms with Crippen molar-refractivity contribution >= 4 is 17.7 Å². The molecule has 4 aliphatic rings. The highest BCUT2D eigenvalue weighted by Gasteiger charge is 2.40. The van der Waals surface area contributed by atoms with Gasteiger partial charge in [0.15, 0.2) is 0 Å². The lowest BCUT2D eigenvalue weighted by molar-refractivity contribution is -0.136. The van der Waals surface area contributed by atoms with Crippen LogP contribution in [0.15, 0.2) is 18.2 Å². The molecule has 8 nitrogen and oxygen atoms in total. The Morgan fingerprint density at radius 1 is 1.03 bits per heavy atom. The number of rotatable bonds is 5. The quantitative estimate of drug-likeness (QED) is 0.702. The first-order valence-corrected chi connectivity index (χ1v) is 11.7. The van der Waals surface area contributed by atoms with Crippen molar-refractivity contribution < 1.29 is 23.9 Å². The van der Waals surface area contributed by atoms with Gasteiger partial charge in [-0.05, 0) is 62.3 Å². The lowest BCUT2D eigenvalue weighted by Crippen LogP contribution is -2.52. The number of hydrogen-bond donors (Lipinski definition) is 1. The number of benzene rings is 1. The van der Waals surface area contributed by atoms with Crippen LogP contribution < -0.4 is 10.1 Å². The molecule has 1 N–H and O–H groups in total. The van der Waals surface area contributed by atoms with E-state index in [9.17, 15) is 14.4 Å². The molecule has 1 saturated carbocycles. The molecule has 3 amide bonds. The molecule has 1 aliphatic carbocycles. The van der Waals surface area contributed by atoms with Crippen molar-refractivity contribution in [3.63, 3.8) is 0 Å². The van der Waals surface area contributed by atoms with Gasteiger partial charge in [0, 0.05) is 44.8 Å². The molecule has 5 rings (SSSR count). The fraction of sp³-hybridized carbons (Fsp3) is 0.625. The first kappa shape index (κ1) is 21.4. The summed E-state index contributed by atoms with van der Waals surface area (Å²) in [4.78, 5) is 40.7. The van der Waals surface area contributed by atoms with Crippen molar-refractivity contribution in [1.82, 2.24) is 15.1 Å². The number of fused-ring (bicyclic) bond motifs is 1. The maximum atomic E-state index is 12.9. The highest BCUT2D eigenvalue weighted by atomic mass is 16.5. The number of nitrogens with zero attached hydrogens (tertiary/aromatic N) is 2. The summed E-state index contributed by atoms with van der Waals surface area (Å²) in [6.45, 7) is 2.46. The Morgan fingerprint density at radius 3 is 2.59 bits per heavy atom. The van der Waals surface area contributed by atoms with Crippen molar-refractivity contribution in [2.75, 3.05) is 20.2 Å². The summed E-state index contributed by atoms with van der Waals surface area (Å²) in [6.07, 6.45) is 6.62. The monoisotopic (exact) mass is 441 g/mol. The van der Waals surface area contributed by atoms with Crippen LogP contribution in [0.25, 0.3) is 0 Å².